The fraction of sp³-hybridized carbons (Fsp3) is 0.417. The highest BCUT2D eigenvalue weighted by Gasteiger charge is 2.34. The lowest BCUT2D eigenvalue weighted by Crippen LogP contribution is -2.50. The van der Waals surface area contributed by atoms with Crippen molar-refractivity contribution in [3.05, 3.63) is 41.2 Å². The van der Waals surface area contributed by atoms with E-state index < -0.39 is 0 Å². The summed E-state index contributed by atoms with van der Waals surface area (Å²) in [4.78, 5) is 26.6. The van der Waals surface area contributed by atoms with Crippen molar-refractivity contribution in [1.29, 1.82) is 0 Å². The summed E-state index contributed by atoms with van der Waals surface area (Å²) in [6.07, 6.45) is 6.10. The van der Waals surface area contributed by atoms with E-state index in [-0.39, 0.29) is 24.0 Å². The number of carbonyl (C=O) groups excluding carboxylic acids is 1. The summed E-state index contributed by atoms with van der Waals surface area (Å²) >= 11 is 1.70. The molecule has 3 aromatic heterocycles. The molecule has 0 bridgehead atoms. The second-order valence-corrected chi connectivity index (χ2v) is 10.2. The Balaban J connectivity index is 1.27. The molecule has 0 radical (unpaired) electrons. The monoisotopic (exact) mass is 462 g/mol. The minimum absolute atomic E-state index is 0.0240. The molecule has 3 atom stereocenters. The van der Waals surface area contributed by atoms with Crippen molar-refractivity contribution in [3.63, 3.8) is 0 Å². The van der Waals surface area contributed by atoms with Gasteiger partial charge >= 0.3 is 0 Å². The zero-order valence-corrected chi connectivity index (χ0v) is 19.5. The van der Waals surface area contributed by atoms with E-state index in [9.17, 15) is 4.79 Å². The maximum absolute atomic E-state index is 13.3. The molecule has 1 saturated heterocycles. The van der Waals surface area contributed by atoms with Crippen LogP contribution in [0.2, 0.25) is 0 Å². The number of nitrogens with one attached hydrogen (secondary N) is 2. The SMILES string of the molecule is C[C@@H]1CN(C(=O)[C@H]2CCc3c(sc4ncnc(Nc5ccc6[nH]ncc6c5)c34)C2)C[C@H](C)O1. The minimum atomic E-state index is 0.0240. The van der Waals surface area contributed by atoms with E-state index in [1.165, 1.54) is 10.4 Å². The summed E-state index contributed by atoms with van der Waals surface area (Å²) in [6, 6.07) is 6.09. The van der Waals surface area contributed by atoms with Gasteiger partial charge in [0.2, 0.25) is 5.91 Å². The molecular weight excluding hydrogens is 436 g/mol. The van der Waals surface area contributed by atoms with Gasteiger partial charge in [0.1, 0.15) is 17.0 Å². The molecule has 1 amide bonds. The standard InChI is InChI=1S/C24H26N6O2S/c1-13-10-30(11-14(2)32-13)24(31)15-3-5-18-20(8-15)33-23-21(18)22(25-12-26-23)28-17-4-6-19-16(7-17)9-27-29-19/h4,6-7,9,12-15H,3,5,8,10-11H2,1-2H3,(H,27,29)(H,25,26,28)/t13-,14+,15-/m0/s1. The first-order chi connectivity index (χ1) is 16.0. The van der Waals surface area contributed by atoms with Crippen LogP contribution in [0.25, 0.3) is 21.1 Å². The maximum atomic E-state index is 13.3. The third-order valence-electron chi connectivity index (χ3n) is 6.63. The largest absolute Gasteiger partial charge is 0.372 e. The summed E-state index contributed by atoms with van der Waals surface area (Å²) in [6.45, 7) is 5.44. The number of H-pyrrole nitrogens is 1. The molecule has 1 aliphatic heterocycles. The topological polar surface area (TPSA) is 96.0 Å². The number of nitrogens with zero attached hydrogens (tertiary/aromatic N) is 4. The van der Waals surface area contributed by atoms with Gasteiger partial charge in [0.05, 0.1) is 29.3 Å². The number of aromatic nitrogens is 4. The Kier molecular flexibility index (Phi) is 5.03. The Morgan fingerprint density at radius 3 is 2.94 bits per heavy atom. The predicted octanol–water partition coefficient (Wildman–Crippen LogP) is 4.05. The van der Waals surface area contributed by atoms with Crippen molar-refractivity contribution >= 4 is 49.9 Å². The zero-order valence-electron chi connectivity index (χ0n) is 18.7. The fourth-order valence-corrected chi connectivity index (χ4v) is 6.46. The van der Waals surface area contributed by atoms with E-state index in [2.05, 4.69) is 31.5 Å². The summed E-state index contributed by atoms with van der Waals surface area (Å²) in [5.41, 5.74) is 3.25. The van der Waals surface area contributed by atoms with Crippen molar-refractivity contribution < 1.29 is 9.53 Å². The van der Waals surface area contributed by atoms with Gasteiger partial charge in [-0.3, -0.25) is 9.89 Å². The zero-order chi connectivity index (χ0) is 22.5. The lowest BCUT2D eigenvalue weighted by Gasteiger charge is -2.37. The van der Waals surface area contributed by atoms with Gasteiger partial charge in [-0.25, -0.2) is 9.97 Å². The van der Waals surface area contributed by atoms with Crippen LogP contribution in [0.15, 0.2) is 30.7 Å². The van der Waals surface area contributed by atoms with Crippen LogP contribution in [0.3, 0.4) is 0 Å². The first kappa shape index (κ1) is 20.6. The van der Waals surface area contributed by atoms with Crippen LogP contribution < -0.4 is 5.32 Å². The van der Waals surface area contributed by atoms with Crippen LogP contribution in [0.5, 0.6) is 0 Å². The van der Waals surface area contributed by atoms with Crippen molar-refractivity contribution in [3.8, 4) is 0 Å². The Bertz CT molecular complexity index is 1340. The molecule has 1 aliphatic carbocycles. The quantitative estimate of drug-likeness (QED) is 0.477. The average Bonchev–Trinajstić information content (AvgIpc) is 3.41. The summed E-state index contributed by atoms with van der Waals surface area (Å²) in [5.74, 6) is 1.11. The number of morpholine rings is 1. The third kappa shape index (κ3) is 3.75. The highest BCUT2D eigenvalue weighted by Crippen LogP contribution is 2.41. The first-order valence-electron chi connectivity index (χ1n) is 11.4. The maximum Gasteiger partial charge on any atom is 0.226 e. The fourth-order valence-electron chi connectivity index (χ4n) is 5.19. The normalized spacial score (nSPS) is 23.1. The third-order valence-corrected chi connectivity index (χ3v) is 7.79. The molecule has 33 heavy (non-hydrogen) atoms. The molecule has 1 aromatic carbocycles. The van der Waals surface area contributed by atoms with Crippen molar-refractivity contribution in [2.75, 3.05) is 18.4 Å². The molecule has 4 aromatic rings. The Morgan fingerprint density at radius 2 is 2.09 bits per heavy atom. The van der Waals surface area contributed by atoms with Gasteiger partial charge < -0.3 is 15.0 Å². The molecule has 0 unspecified atom stereocenters. The van der Waals surface area contributed by atoms with Crippen LogP contribution >= 0.6 is 11.3 Å². The lowest BCUT2D eigenvalue weighted by molar-refractivity contribution is -0.147. The number of fused-ring (bicyclic) bond motifs is 4. The van der Waals surface area contributed by atoms with Crippen LogP contribution in [-0.2, 0) is 22.4 Å². The molecule has 9 heteroatoms. The van der Waals surface area contributed by atoms with Crippen molar-refractivity contribution in [2.24, 2.45) is 5.92 Å². The van der Waals surface area contributed by atoms with Gasteiger partial charge in [0.15, 0.2) is 0 Å². The molecule has 0 spiro atoms. The Labute approximate surface area is 195 Å². The highest BCUT2D eigenvalue weighted by atomic mass is 32.1. The molecule has 2 N–H and O–H groups in total. The predicted molar refractivity (Wildman–Crippen MR) is 129 cm³/mol. The second kappa shape index (κ2) is 8.07. The minimum Gasteiger partial charge on any atom is -0.372 e. The van der Waals surface area contributed by atoms with Crippen LogP contribution in [-0.4, -0.2) is 56.3 Å². The number of ether oxygens (including phenoxy) is 1. The number of carbonyl (C=O) groups is 1. The van der Waals surface area contributed by atoms with Crippen LogP contribution in [0.4, 0.5) is 11.5 Å². The van der Waals surface area contributed by atoms with E-state index in [4.69, 9.17) is 4.74 Å². The Hall–Kier alpha value is -3.04. The number of thiophene rings is 1. The Morgan fingerprint density at radius 1 is 1.24 bits per heavy atom. The molecule has 170 valence electrons. The average molecular weight is 463 g/mol. The van der Waals surface area contributed by atoms with Gasteiger partial charge in [-0.05, 0) is 56.9 Å². The number of aryl methyl sites for hydroxylation is 1. The molecule has 4 heterocycles. The molecule has 1 fully saturated rings. The van der Waals surface area contributed by atoms with Gasteiger partial charge in [-0.15, -0.1) is 11.3 Å². The number of amides is 1. The van der Waals surface area contributed by atoms with Crippen molar-refractivity contribution in [2.45, 2.75) is 45.3 Å². The molecular formula is C24H26N6O2S. The van der Waals surface area contributed by atoms with E-state index in [1.807, 2.05) is 37.1 Å². The van der Waals surface area contributed by atoms with Gasteiger partial charge in [-0.2, -0.15) is 5.10 Å². The van der Waals surface area contributed by atoms with E-state index in [0.29, 0.717) is 13.1 Å². The van der Waals surface area contributed by atoms with E-state index in [0.717, 1.165) is 51.9 Å². The summed E-state index contributed by atoms with van der Waals surface area (Å²) < 4.78 is 5.81. The number of benzene rings is 1. The van der Waals surface area contributed by atoms with E-state index in [1.54, 1.807) is 17.7 Å². The number of hydrogen-bond acceptors (Lipinski definition) is 7. The van der Waals surface area contributed by atoms with Crippen LogP contribution in [0.1, 0.15) is 30.7 Å². The molecule has 2 aliphatic rings. The van der Waals surface area contributed by atoms with E-state index >= 15 is 0 Å². The molecule has 8 nitrogen and oxygen atoms in total. The number of rotatable bonds is 3. The lowest BCUT2D eigenvalue weighted by atomic mass is 9.86. The summed E-state index contributed by atoms with van der Waals surface area (Å²) in [7, 11) is 0. The number of aromatic amines is 1. The number of hydrogen-bond donors (Lipinski definition) is 2. The molecule has 6 rings (SSSR count). The van der Waals surface area contributed by atoms with Crippen molar-refractivity contribution in [1.82, 2.24) is 25.1 Å². The second-order valence-electron chi connectivity index (χ2n) is 9.14. The smallest absolute Gasteiger partial charge is 0.226 e. The van der Waals surface area contributed by atoms with Gasteiger partial charge in [0.25, 0.3) is 0 Å². The van der Waals surface area contributed by atoms with Gasteiger partial charge in [-0.1, -0.05) is 0 Å². The first-order valence-corrected chi connectivity index (χ1v) is 12.3. The van der Waals surface area contributed by atoms with Gasteiger partial charge in [0, 0.05) is 35.0 Å². The van der Waals surface area contributed by atoms with Crippen LogP contribution in [0, 0.1) is 5.92 Å². The highest BCUT2D eigenvalue weighted by molar-refractivity contribution is 7.19. The summed E-state index contributed by atoms with van der Waals surface area (Å²) in [5, 5.41) is 12.7. The number of anilines is 2. The molecule has 0 saturated carbocycles.